The van der Waals surface area contributed by atoms with Crippen LogP contribution in [-0.4, -0.2) is 23.3 Å². The van der Waals surface area contributed by atoms with Gasteiger partial charge in [0.05, 0.1) is 16.0 Å². The zero-order valence-corrected chi connectivity index (χ0v) is 19.8. The highest BCUT2D eigenvalue weighted by molar-refractivity contribution is 7.90. The van der Waals surface area contributed by atoms with Crippen molar-refractivity contribution in [3.63, 3.8) is 0 Å². The minimum absolute atomic E-state index is 0.144. The number of fused-ring (bicyclic) bond motifs is 1. The van der Waals surface area contributed by atoms with Gasteiger partial charge in [0.1, 0.15) is 0 Å². The standard InChI is InChI=1S/C18H25NO2S2.C4H10/c1-7-10(3)9-19-16(20)12-13(17(19)21)15(18(4,5)6)23-14(12)11(22)8-2;1-3-4-2/h8,10,22H,7,9H2,1-6H3;3-4H2,1-2H3/b11-8-;. The molecule has 0 saturated carbocycles. The molecule has 0 N–H and O–H groups in total. The van der Waals surface area contributed by atoms with Gasteiger partial charge >= 0.3 is 0 Å². The predicted molar refractivity (Wildman–Crippen MR) is 121 cm³/mol. The van der Waals surface area contributed by atoms with E-state index in [0.29, 0.717) is 23.6 Å². The molecular weight excluding hydrogens is 374 g/mol. The summed E-state index contributed by atoms with van der Waals surface area (Å²) in [6.45, 7) is 17.1. The van der Waals surface area contributed by atoms with Crippen LogP contribution in [0.5, 0.6) is 0 Å². The molecule has 0 spiro atoms. The second-order valence-corrected chi connectivity index (χ2v) is 9.67. The van der Waals surface area contributed by atoms with E-state index in [1.165, 1.54) is 29.1 Å². The van der Waals surface area contributed by atoms with Gasteiger partial charge in [-0.15, -0.1) is 24.0 Å². The van der Waals surface area contributed by atoms with Crippen LogP contribution in [0.4, 0.5) is 0 Å². The Labute approximate surface area is 174 Å². The first-order valence-corrected chi connectivity index (χ1v) is 11.2. The Bertz CT molecular complexity index is 709. The van der Waals surface area contributed by atoms with Crippen molar-refractivity contribution in [2.24, 2.45) is 5.92 Å². The highest BCUT2D eigenvalue weighted by Gasteiger charge is 2.44. The van der Waals surface area contributed by atoms with Gasteiger partial charge in [-0.3, -0.25) is 14.5 Å². The van der Waals surface area contributed by atoms with Crippen LogP contribution < -0.4 is 0 Å². The number of imide groups is 1. The van der Waals surface area contributed by atoms with Crippen LogP contribution in [0.25, 0.3) is 4.91 Å². The molecule has 0 aromatic carbocycles. The number of thiol groups is 1. The van der Waals surface area contributed by atoms with E-state index in [-0.39, 0.29) is 17.2 Å². The summed E-state index contributed by atoms with van der Waals surface area (Å²) in [6.07, 6.45) is 5.45. The zero-order chi connectivity index (χ0) is 20.9. The molecule has 1 unspecified atom stereocenters. The number of hydrogen-bond donors (Lipinski definition) is 1. The fraction of sp³-hybridized carbons (Fsp3) is 0.636. The van der Waals surface area contributed by atoms with Crippen LogP contribution in [0, 0.1) is 5.92 Å². The van der Waals surface area contributed by atoms with Crippen LogP contribution in [0.2, 0.25) is 0 Å². The largest absolute Gasteiger partial charge is 0.274 e. The summed E-state index contributed by atoms with van der Waals surface area (Å²) >= 11 is 6.03. The van der Waals surface area contributed by atoms with E-state index in [4.69, 9.17) is 0 Å². The van der Waals surface area contributed by atoms with Crippen molar-refractivity contribution in [1.82, 2.24) is 4.90 Å². The van der Waals surface area contributed by atoms with E-state index in [2.05, 4.69) is 61.1 Å². The van der Waals surface area contributed by atoms with Gasteiger partial charge in [0.25, 0.3) is 11.8 Å². The van der Waals surface area contributed by atoms with Crippen molar-refractivity contribution < 1.29 is 9.59 Å². The monoisotopic (exact) mass is 409 g/mol. The first-order chi connectivity index (χ1) is 12.5. The van der Waals surface area contributed by atoms with Crippen LogP contribution in [0.15, 0.2) is 6.08 Å². The minimum Gasteiger partial charge on any atom is -0.274 e. The molecule has 0 saturated heterocycles. The average molecular weight is 410 g/mol. The SMILES string of the molecule is C/C=C(\S)c1sc(C(C)(C)C)c2c1C(=O)N(CC(C)CC)C2=O.CCCC. The maximum atomic E-state index is 12.9. The number of rotatable bonds is 5. The molecule has 0 bridgehead atoms. The number of hydrogen-bond acceptors (Lipinski definition) is 4. The smallest absolute Gasteiger partial charge is 0.263 e. The molecule has 1 aliphatic heterocycles. The molecule has 0 aliphatic carbocycles. The summed E-state index contributed by atoms with van der Waals surface area (Å²) in [5.74, 6) is -0.00952. The van der Waals surface area contributed by atoms with Crippen LogP contribution >= 0.6 is 24.0 Å². The molecule has 1 aliphatic rings. The van der Waals surface area contributed by atoms with Gasteiger partial charge in [0, 0.05) is 16.3 Å². The molecule has 27 heavy (non-hydrogen) atoms. The second-order valence-electron chi connectivity index (χ2n) is 8.17. The highest BCUT2D eigenvalue weighted by Crippen LogP contribution is 2.45. The van der Waals surface area contributed by atoms with Crippen molar-refractivity contribution in [2.45, 2.75) is 80.1 Å². The van der Waals surface area contributed by atoms with Gasteiger partial charge in [-0.25, -0.2) is 0 Å². The van der Waals surface area contributed by atoms with Gasteiger partial charge in [0.15, 0.2) is 0 Å². The number of carbonyl (C=O) groups is 2. The lowest BCUT2D eigenvalue weighted by molar-refractivity contribution is 0.0630. The summed E-state index contributed by atoms with van der Waals surface area (Å²) in [4.78, 5) is 29.8. The highest BCUT2D eigenvalue weighted by atomic mass is 32.1. The van der Waals surface area contributed by atoms with Crippen molar-refractivity contribution >= 4 is 40.7 Å². The first kappa shape index (κ1) is 24.0. The molecule has 0 fully saturated rings. The van der Waals surface area contributed by atoms with E-state index < -0.39 is 0 Å². The molecule has 2 rings (SSSR count). The molecular formula is C22H35NO2S2. The lowest BCUT2D eigenvalue weighted by Crippen LogP contribution is -2.34. The minimum atomic E-state index is -0.183. The Morgan fingerprint density at radius 3 is 2.04 bits per heavy atom. The van der Waals surface area contributed by atoms with Crippen LogP contribution in [0.1, 0.15) is 105 Å². The maximum Gasteiger partial charge on any atom is 0.263 e. The molecule has 2 heterocycles. The molecule has 1 atom stereocenters. The van der Waals surface area contributed by atoms with E-state index >= 15 is 0 Å². The van der Waals surface area contributed by atoms with E-state index in [0.717, 1.165) is 21.1 Å². The Balaban J connectivity index is 0.000000828. The Kier molecular flexibility index (Phi) is 8.81. The van der Waals surface area contributed by atoms with Crippen LogP contribution in [-0.2, 0) is 5.41 Å². The Hall–Kier alpha value is -1.07. The number of amides is 2. The van der Waals surface area contributed by atoms with Gasteiger partial charge in [0.2, 0.25) is 0 Å². The van der Waals surface area contributed by atoms with E-state index in [1.807, 2.05) is 13.0 Å². The zero-order valence-electron chi connectivity index (χ0n) is 18.1. The van der Waals surface area contributed by atoms with Gasteiger partial charge in [-0.1, -0.05) is 73.8 Å². The number of thiophene rings is 1. The number of carbonyl (C=O) groups excluding carboxylic acids is 2. The molecule has 5 heteroatoms. The number of allylic oxidation sites excluding steroid dienone is 1. The van der Waals surface area contributed by atoms with Crippen molar-refractivity contribution in [3.8, 4) is 0 Å². The third-order valence-corrected chi connectivity index (χ3v) is 6.99. The number of unbranched alkanes of at least 4 members (excludes halogenated alkanes) is 1. The average Bonchev–Trinajstić information content (AvgIpc) is 3.14. The fourth-order valence-electron chi connectivity index (χ4n) is 2.65. The lowest BCUT2D eigenvalue weighted by atomic mass is 9.90. The van der Waals surface area contributed by atoms with Gasteiger partial charge in [-0.05, 0) is 18.3 Å². The van der Waals surface area contributed by atoms with Crippen LogP contribution in [0.3, 0.4) is 0 Å². The quantitative estimate of drug-likeness (QED) is 0.429. The number of nitrogens with zero attached hydrogens (tertiary/aromatic N) is 1. The third-order valence-electron chi connectivity index (χ3n) is 4.70. The maximum absolute atomic E-state index is 12.9. The van der Waals surface area contributed by atoms with Crippen molar-refractivity contribution in [3.05, 3.63) is 27.0 Å². The lowest BCUT2D eigenvalue weighted by Gasteiger charge is -2.21. The molecule has 0 radical (unpaired) electrons. The molecule has 152 valence electrons. The Morgan fingerprint density at radius 2 is 1.63 bits per heavy atom. The Morgan fingerprint density at radius 1 is 1.11 bits per heavy atom. The predicted octanol–water partition coefficient (Wildman–Crippen LogP) is 6.78. The van der Waals surface area contributed by atoms with E-state index in [9.17, 15) is 9.59 Å². The second kappa shape index (κ2) is 9.92. The van der Waals surface area contributed by atoms with Crippen molar-refractivity contribution in [1.29, 1.82) is 0 Å². The summed E-state index contributed by atoms with van der Waals surface area (Å²) in [5, 5.41) is 0. The van der Waals surface area contributed by atoms with Gasteiger partial charge in [-0.2, -0.15) is 0 Å². The van der Waals surface area contributed by atoms with E-state index in [1.54, 1.807) is 0 Å². The summed E-state index contributed by atoms with van der Waals surface area (Å²) < 4.78 is 0. The summed E-state index contributed by atoms with van der Waals surface area (Å²) in [7, 11) is 0. The summed E-state index contributed by atoms with van der Waals surface area (Å²) in [5.41, 5.74) is 0.965. The fourth-order valence-corrected chi connectivity index (χ4v) is 4.21. The molecule has 3 nitrogen and oxygen atoms in total. The first-order valence-electron chi connectivity index (χ1n) is 9.93. The molecule has 1 aromatic heterocycles. The van der Waals surface area contributed by atoms with Crippen molar-refractivity contribution in [2.75, 3.05) is 6.54 Å². The molecule has 2 amide bonds. The molecule has 1 aromatic rings. The van der Waals surface area contributed by atoms with Gasteiger partial charge < -0.3 is 0 Å². The normalized spacial score (nSPS) is 15.6. The topological polar surface area (TPSA) is 37.4 Å². The third kappa shape index (κ3) is 5.26. The summed E-state index contributed by atoms with van der Waals surface area (Å²) in [6, 6.07) is 0.